The van der Waals surface area contributed by atoms with Crippen LogP contribution in [0.15, 0.2) is 24.3 Å². The number of carbonyl (C=O) groups excluding carboxylic acids is 1. The maximum absolute atomic E-state index is 11.5. The van der Waals surface area contributed by atoms with Crippen molar-refractivity contribution in [1.82, 2.24) is 15.3 Å². The number of hydrogen-bond acceptors (Lipinski definition) is 3. The van der Waals surface area contributed by atoms with E-state index in [-0.39, 0.29) is 12.3 Å². The van der Waals surface area contributed by atoms with Gasteiger partial charge in [0.25, 0.3) is 0 Å². The van der Waals surface area contributed by atoms with E-state index in [1.807, 2.05) is 24.3 Å². The minimum Gasteiger partial charge on any atom is -0.480 e. The zero-order valence-electron chi connectivity index (χ0n) is 10.5. The number of aromatic nitrogens is 2. The topological polar surface area (TPSA) is 95.1 Å². The Morgan fingerprint density at radius 3 is 2.84 bits per heavy atom. The lowest BCUT2D eigenvalue weighted by atomic mass is 10.2. The number of aromatic amines is 1. The first-order chi connectivity index (χ1) is 9.06. The highest BCUT2D eigenvalue weighted by atomic mass is 16.4. The molecule has 1 aromatic carbocycles. The fourth-order valence-corrected chi connectivity index (χ4v) is 1.73. The van der Waals surface area contributed by atoms with E-state index in [2.05, 4.69) is 15.3 Å². The van der Waals surface area contributed by atoms with Gasteiger partial charge in [0.15, 0.2) is 0 Å². The molecule has 1 aromatic heterocycles. The lowest BCUT2D eigenvalue weighted by Crippen LogP contribution is -2.38. The molecule has 100 valence electrons. The number of aryl methyl sites for hydroxylation is 1. The monoisotopic (exact) mass is 261 g/mol. The zero-order valence-corrected chi connectivity index (χ0v) is 10.5. The molecule has 0 fully saturated rings. The first-order valence-corrected chi connectivity index (χ1v) is 6.02. The molecule has 1 heterocycles. The van der Waals surface area contributed by atoms with Crippen LogP contribution in [0.4, 0.5) is 0 Å². The highest BCUT2D eigenvalue weighted by molar-refractivity contribution is 5.83. The molecule has 0 saturated carbocycles. The highest BCUT2D eigenvalue weighted by Crippen LogP contribution is 2.11. The molecular formula is C13H15N3O3. The number of carbonyl (C=O) groups is 2. The Kier molecular flexibility index (Phi) is 3.79. The van der Waals surface area contributed by atoms with Crippen molar-refractivity contribution in [2.45, 2.75) is 25.8 Å². The predicted octanol–water partition coefficient (Wildman–Crippen LogP) is 1.08. The van der Waals surface area contributed by atoms with Gasteiger partial charge in [0.05, 0.1) is 11.0 Å². The molecule has 0 aliphatic carbocycles. The van der Waals surface area contributed by atoms with Crippen molar-refractivity contribution in [2.24, 2.45) is 0 Å². The van der Waals surface area contributed by atoms with Crippen molar-refractivity contribution in [1.29, 1.82) is 0 Å². The molecule has 6 nitrogen and oxygen atoms in total. The van der Waals surface area contributed by atoms with Crippen molar-refractivity contribution in [3.63, 3.8) is 0 Å². The van der Waals surface area contributed by atoms with Gasteiger partial charge in [-0.3, -0.25) is 9.59 Å². The number of imidazole rings is 1. The van der Waals surface area contributed by atoms with Gasteiger partial charge in [-0.15, -0.1) is 0 Å². The van der Waals surface area contributed by atoms with E-state index in [4.69, 9.17) is 5.11 Å². The summed E-state index contributed by atoms with van der Waals surface area (Å²) in [6.07, 6.45) is 0.657. The number of amides is 1. The second-order valence-electron chi connectivity index (χ2n) is 4.33. The Labute approximate surface area is 109 Å². The lowest BCUT2D eigenvalue weighted by Gasteiger charge is -2.08. The summed E-state index contributed by atoms with van der Waals surface area (Å²) in [5, 5.41) is 11.1. The van der Waals surface area contributed by atoms with Crippen LogP contribution in [-0.2, 0) is 16.0 Å². The van der Waals surface area contributed by atoms with Crippen LogP contribution in [0.3, 0.4) is 0 Å². The molecule has 6 heteroatoms. The minimum absolute atomic E-state index is 0.206. The van der Waals surface area contributed by atoms with Gasteiger partial charge < -0.3 is 15.4 Å². The highest BCUT2D eigenvalue weighted by Gasteiger charge is 2.14. The van der Waals surface area contributed by atoms with Gasteiger partial charge >= 0.3 is 5.97 Å². The summed E-state index contributed by atoms with van der Waals surface area (Å²) >= 11 is 0. The van der Waals surface area contributed by atoms with Crippen LogP contribution in [0.1, 0.15) is 19.2 Å². The Hall–Kier alpha value is -2.37. The second-order valence-corrected chi connectivity index (χ2v) is 4.33. The van der Waals surface area contributed by atoms with Gasteiger partial charge in [-0.2, -0.15) is 0 Å². The fourth-order valence-electron chi connectivity index (χ4n) is 1.73. The number of nitrogens with one attached hydrogen (secondary N) is 2. The van der Waals surface area contributed by atoms with Gasteiger partial charge in [0.2, 0.25) is 5.91 Å². The maximum atomic E-state index is 11.5. The van der Waals surface area contributed by atoms with Crippen LogP contribution in [0.2, 0.25) is 0 Å². The predicted molar refractivity (Wildman–Crippen MR) is 69.7 cm³/mol. The van der Waals surface area contributed by atoms with Crippen molar-refractivity contribution < 1.29 is 14.7 Å². The molecule has 0 bridgehead atoms. The largest absolute Gasteiger partial charge is 0.480 e. The number of para-hydroxylation sites is 2. The number of fused-ring (bicyclic) bond motifs is 1. The quantitative estimate of drug-likeness (QED) is 0.750. The van der Waals surface area contributed by atoms with Crippen LogP contribution < -0.4 is 5.32 Å². The number of carboxylic acid groups (broad SMARTS) is 1. The Morgan fingerprint density at radius 2 is 2.16 bits per heavy atom. The fraction of sp³-hybridized carbons (Fsp3) is 0.308. The van der Waals surface area contributed by atoms with E-state index in [9.17, 15) is 9.59 Å². The normalized spacial score (nSPS) is 12.3. The van der Waals surface area contributed by atoms with E-state index < -0.39 is 12.0 Å². The summed E-state index contributed by atoms with van der Waals surface area (Å²) in [5.41, 5.74) is 1.79. The van der Waals surface area contributed by atoms with E-state index in [1.165, 1.54) is 6.92 Å². The van der Waals surface area contributed by atoms with E-state index in [1.54, 1.807) is 0 Å². The van der Waals surface area contributed by atoms with E-state index in [0.717, 1.165) is 16.9 Å². The number of hydrogen-bond donors (Lipinski definition) is 3. The lowest BCUT2D eigenvalue weighted by molar-refractivity contribution is -0.141. The van der Waals surface area contributed by atoms with E-state index >= 15 is 0 Å². The molecule has 2 rings (SSSR count). The van der Waals surface area contributed by atoms with Crippen molar-refractivity contribution in [3.05, 3.63) is 30.1 Å². The molecule has 1 atom stereocenters. The molecule has 0 spiro atoms. The SMILES string of the molecule is C[C@@H](NC(=O)CCc1nc2ccccc2[nH]1)C(=O)O. The number of aliphatic carboxylic acids is 1. The smallest absolute Gasteiger partial charge is 0.325 e. The number of rotatable bonds is 5. The maximum Gasteiger partial charge on any atom is 0.325 e. The first kappa shape index (κ1) is 13.1. The molecule has 0 saturated heterocycles. The molecule has 2 aromatic rings. The third kappa shape index (κ3) is 3.31. The third-order valence-corrected chi connectivity index (χ3v) is 2.78. The molecule has 0 radical (unpaired) electrons. The summed E-state index contributed by atoms with van der Waals surface area (Å²) in [7, 11) is 0. The molecular weight excluding hydrogens is 246 g/mol. The molecule has 3 N–H and O–H groups in total. The first-order valence-electron chi connectivity index (χ1n) is 6.02. The Bertz CT molecular complexity index is 573. The van der Waals surface area contributed by atoms with Crippen LogP contribution in [0, 0.1) is 0 Å². The minimum atomic E-state index is -1.04. The molecule has 0 unspecified atom stereocenters. The average molecular weight is 261 g/mol. The number of benzene rings is 1. The Balaban J connectivity index is 1.91. The van der Waals surface area contributed by atoms with Gasteiger partial charge in [0, 0.05) is 12.8 Å². The summed E-state index contributed by atoms with van der Waals surface area (Å²) < 4.78 is 0. The summed E-state index contributed by atoms with van der Waals surface area (Å²) in [5.74, 6) is -0.619. The van der Waals surface area contributed by atoms with E-state index in [0.29, 0.717) is 6.42 Å². The summed E-state index contributed by atoms with van der Waals surface area (Å²) in [4.78, 5) is 29.6. The number of carboxylic acids is 1. The number of H-pyrrole nitrogens is 1. The molecule has 0 aliphatic rings. The summed E-state index contributed by atoms with van der Waals surface area (Å²) in [6.45, 7) is 1.43. The molecule has 0 aliphatic heterocycles. The summed E-state index contributed by atoms with van der Waals surface area (Å²) in [6, 6.07) is 6.74. The van der Waals surface area contributed by atoms with Crippen LogP contribution in [0.25, 0.3) is 11.0 Å². The third-order valence-electron chi connectivity index (χ3n) is 2.78. The standard InChI is InChI=1S/C13H15N3O3/c1-8(13(18)19)14-12(17)7-6-11-15-9-4-2-3-5-10(9)16-11/h2-5,8H,6-7H2,1H3,(H,14,17)(H,15,16)(H,18,19)/t8-/m1/s1. The van der Waals surface area contributed by atoms with Crippen LogP contribution in [-0.4, -0.2) is 33.0 Å². The number of nitrogens with zero attached hydrogens (tertiary/aromatic N) is 1. The Morgan fingerprint density at radius 1 is 1.42 bits per heavy atom. The zero-order chi connectivity index (χ0) is 13.8. The van der Waals surface area contributed by atoms with Crippen molar-refractivity contribution in [2.75, 3.05) is 0 Å². The van der Waals surface area contributed by atoms with Crippen LogP contribution >= 0.6 is 0 Å². The average Bonchev–Trinajstić information content (AvgIpc) is 2.78. The van der Waals surface area contributed by atoms with Gasteiger partial charge in [-0.05, 0) is 19.1 Å². The van der Waals surface area contributed by atoms with Gasteiger partial charge in [-0.25, -0.2) is 4.98 Å². The van der Waals surface area contributed by atoms with Crippen molar-refractivity contribution in [3.8, 4) is 0 Å². The second kappa shape index (κ2) is 5.51. The van der Waals surface area contributed by atoms with Gasteiger partial charge in [0.1, 0.15) is 11.9 Å². The van der Waals surface area contributed by atoms with Crippen LogP contribution in [0.5, 0.6) is 0 Å². The molecule has 1 amide bonds. The van der Waals surface area contributed by atoms with Gasteiger partial charge in [-0.1, -0.05) is 12.1 Å². The van der Waals surface area contributed by atoms with Crippen molar-refractivity contribution >= 4 is 22.9 Å². The molecule has 19 heavy (non-hydrogen) atoms.